The van der Waals surface area contributed by atoms with Crippen LogP contribution in [-0.4, -0.2) is 27.4 Å². The molecule has 0 saturated carbocycles. The zero-order chi connectivity index (χ0) is 21.7. The van der Waals surface area contributed by atoms with Gasteiger partial charge in [0.1, 0.15) is 5.69 Å². The number of halogens is 3. The van der Waals surface area contributed by atoms with Gasteiger partial charge < -0.3 is 5.32 Å². The van der Waals surface area contributed by atoms with Crippen molar-refractivity contribution >= 4 is 35.1 Å². The third kappa shape index (κ3) is 5.54. The molecule has 1 N–H and O–H groups in total. The predicted molar refractivity (Wildman–Crippen MR) is 115 cm³/mol. The van der Waals surface area contributed by atoms with Crippen molar-refractivity contribution in [2.45, 2.75) is 28.4 Å². The molecule has 0 spiro atoms. The van der Waals surface area contributed by atoms with Crippen LogP contribution in [-0.2, 0) is 11.0 Å². The molecule has 1 atom stereocenters. The molecule has 3 aromatic rings. The third-order valence-corrected chi connectivity index (χ3v) is 5.84. The molecule has 0 unspecified atom stereocenters. The zero-order valence-electron chi connectivity index (χ0n) is 16.1. The molecule has 0 radical (unpaired) electrons. The number of rotatable bonds is 6. The monoisotopic (exact) mass is 449 g/mol. The topological polar surface area (TPSA) is 54.9 Å². The van der Waals surface area contributed by atoms with Crippen molar-refractivity contribution in [3.63, 3.8) is 0 Å². The number of carbonyl (C=O) groups is 1. The van der Waals surface area contributed by atoms with Gasteiger partial charge in [0.25, 0.3) is 0 Å². The van der Waals surface area contributed by atoms with Crippen molar-refractivity contribution in [1.82, 2.24) is 9.97 Å². The number of aromatic nitrogens is 2. The normalized spacial score (nSPS) is 12.4. The summed E-state index contributed by atoms with van der Waals surface area (Å²) in [6.45, 7) is 1.60. The Bertz CT molecular complexity index is 1030. The summed E-state index contributed by atoms with van der Waals surface area (Å²) in [5, 5.41) is 2.01. The maximum atomic E-state index is 13.3. The highest BCUT2D eigenvalue weighted by Gasteiger charge is 2.34. The lowest BCUT2D eigenvalue weighted by Crippen LogP contribution is -2.23. The number of thioether (sulfide) groups is 2. The van der Waals surface area contributed by atoms with Gasteiger partial charge in [0.05, 0.1) is 16.6 Å². The van der Waals surface area contributed by atoms with Crippen molar-refractivity contribution in [2.24, 2.45) is 0 Å². The molecule has 1 heterocycles. The molecule has 0 aliphatic heterocycles. The van der Waals surface area contributed by atoms with Gasteiger partial charge in [0.2, 0.25) is 5.91 Å². The van der Waals surface area contributed by atoms with Crippen molar-refractivity contribution in [3.05, 3.63) is 66.4 Å². The highest BCUT2D eigenvalue weighted by Crippen LogP contribution is 2.33. The van der Waals surface area contributed by atoms with E-state index >= 15 is 0 Å². The van der Waals surface area contributed by atoms with Crippen LogP contribution in [0.3, 0.4) is 0 Å². The molecule has 3 rings (SSSR count). The van der Waals surface area contributed by atoms with E-state index < -0.39 is 17.1 Å². The van der Waals surface area contributed by atoms with Gasteiger partial charge in [-0.25, -0.2) is 9.97 Å². The lowest BCUT2D eigenvalue weighted by atomic mass is 10.1. The molecule has 0 saturated heterocycles. The minimum atomic E-state index is -4.62. The number of para-hydroxylation sites is 1. The molecule has 2 aromatic carbocycles. The van der Waals surface area contributed by atoms with E-state index in [-0.39, 0.29) is 16.8 Å². The molecule has 1 amide bonds. The number of carbonyl (C=O) groups excluding carboxylic acids is 1. The first-order valence-corrected chi connectivity index (χ1v) is 11.0. The molecule has 0 bridgehead atoms. The van der Waals surface area contributed by atoms with Crippen LogP contribution in [0, 0.1) is 0 Å². The van der Waals surface area contributed by atoms with Crippen LogP contribution in [0.4, 0.5) is 18.9 Å². The van der Waals surface area contributed by atoms with E-state index in [2.05, 4.69) is 15.3 Å². The molecule has 1 aromatic heterocycles. The van der Waals surface area contributed by atoms with Crippen molar-refractivity contribution in [1.29, 1.82) is 0 Å². The highest BCUT2D eigenvalue weighted by molar-refractivity contribution is 8.00. The Balaban J connectivity index is 1.85. The predicted octanol–water partition coefficient (Wildman–Crippen LogP) is 6.00. The summed E-state index contributed by atoms with van der Waals surface area (Å²) in [7, 11) is 0. The Labute approximate surface area is 180 Å². The molecular weight excluding hydrogens is 431 g/mol. The van der Waals surface area contributed by atoms with E-state index in [4.69, 9.17) is 0 Å². The van der Waals surface area contributed by atoms with E-state index in [9.17, 15) is 18.0 Å². The van der Waals surface area contributed by atoms with Gasteiger partial charge in [-0.15, -0.1) is 11.8 Å². The van der Waals surface area contributed by atoms with Crippen LogP contribution in [0.2, 0.25) is 0 Å². The fourth-order valence-electron chi connectivity index (χ4n) is 2.57. The average molecular weight is 450 g/mol. The van der Waals surface area contributed by atoms with Gasteiger partial charge in [-0.05, 0) is 31.4 Å². The second kappa shape index (κ2) is 9.53. The quantitative estimate of drug-likeness (QED) is 0.369. The fraction of sp³-hybridized carbons (Fsp3) is 0.190. The third-order valence-electron chi connectivity index (χ3n) is 4.08. The molecule has 0 aliphatic rings. The smallest absolute Gasteiger partial charge is 0.324 e. The standard InChI is InChI=1S/C21H18F3N3OS2/c1-13(19(28)25-15-10-6-7-11-17(15)29-2)30-20-26-16(14-8-4-3-5-9-14)12-18(27-20)21(22,23)24/h3-13H,1-2H3,(H,25,28)/t13-/m1/s1. The summed E-state index contributed by atoms with van der Waals surface area (Å²) in [5.74, 6) is -0.344. The largest absolute Gasteiger partial charge is 0.433 e. The van der Waals surface area contributed by atoms with Crippen LogP contribution < -0.4 is 5.32 Å². The maximum absolute atomic E-state index is 13.3. The van der Waals surface area contributed by atoms with Crippen molar-refractivity contribution in [2.75, 3.05) is 11.6 Å². The maximum Gasteiger partial charge on any atom is 0.433 e. The first-order chi connectivity index (χ1) is 14.3. The Kier molecular flexibility index (Phi) is 7.04. The number of hydrogen-bond donors (Lipinski definition) is 1. The van der Waals surface area contributed by atoms with E-state index in [1.54, 1.807) is 49.4 Å². The van der Waals surface area contributed by atoms with Crippen LogP contribution >= 0.6 is 23.5 Å². The molecule has 0 aliphatic carbocycles. The second-order valence-corrected chi connectivity index (χ2v) is 8.39. The van der Waals surface area contributed by atoms with E-state index in [0.717, 1.165) is 22.7 Å². The van der Waals surface area contributed by atoms with E-state index in [0.29, 0.717) is 11.3 Å². The van der Waals surface area contributed by atoms with Crippen molar-refractivity contribution in [3.8, 4) is 11.3 Å². The first-order valence-electron chi connectivity index (χ1n) is 8.90. The van der Waals surface area contributed by atoms with Crippen LogP contribution in [0.15, 0.2) is 70.7 Å². The number of alkyl halides is 3. The molecule has 9 heteroatoms. The fourth-order valence-corrected chi connectivity index (χ4v) is 3.91. The number of nitrogens with zero attached hydrogens (tertiary/aromatic N) is 2. The Morgan fingerprint density at radius 3 is 2.37 bits per heavy atom. The van der Waals surface area contributed by atoms with Crippen molar-refractivity contribution < 1.29 is 18.0 Å². The lowest BCUT2D eigenvalue weighted by molar-refractivity contribution is -0.141. The van der Waals surface area contributed by atoms with Gasteiger partial charge in [0.15, 0.2) is 5.16 Å². The highest BCUT2D eigenvalue weighted by atomic mass is 32.2. The SMILES string of the molecule is CSc1ccccc1NC(=O)[C@@H](C)Sc1nc(-c2ccccc2)cc(C(F)(F)F)n1. The summed E-state index contributed by atoms with van der Waals surface area (Å²) < 4.78 is 40.0. The van der Waals surface area contributed by atoms with Gasteiger partial charge in [0, 0.05) is 10.5 Å². The minimum absolute atomic E-state index is 0.107. The Morgan fingerprint density at radius 1 is 1.03 bits per heavy atom. The van der Waals surface area contributed by atoms with Gasteiger partial charge in [-0.3, -0.25) is 4.79 Å². The first kappa shape index (κ1) is 22.2. The van der Waals surface area contributed by atoms with Crippen LogP contribution in [0.25, 0.3) is 11.3 Å². The number of nitrogens with one attached hydrogen (secondary N) is 1. The van der Waals surface area contributed by atoms with E-state index in [1.165, 1.54) is 11.8 Å². The van der Waals surface area contributed by atoms with Gasteiger partial charge >= 0.3 is 6.18 Å². The summed E-state index contributed by atoms with van der Waals surface area (Å²) in [4.78, 5) is 21.4. The molecule has 30 heavy (non-hydrogen) atoms. The number of anilines is 1. The second-order valence-electron chi connectivity index (χ2n) is 6.23. The number of hydrogen-bond acceptors (Lipinski definition) is 5. The lowest BCUT2D eigenvalue weighted by Gasteiger charge is -2.15. The number of amides is 1. The number of benzene rings is 2. The van der Waals surface area contributed by atoms with Gasteiger partial charge in [-0.1, -0.05) is 54.2 Å². The summed E-state index contributed by atoms with van der Waals surface area (Å²) in [6.07, 6.45) is -2.73. The molecule has 0 fully saturated rings. The molecular formula is C21H18F3N3OS2. The van der Waals surface area contributed by atoms with E-state index in [1.807, 2.05) is 18.4 Å². The zero-order valence-corrected chi connectivity index (χ0v) is 17.7. The van der Waals surface area contributed by atoms with Gasteiger partial charge in [-0.2, -0.15) is 13.2 Å². The minimum Gasteiger partial charge on any atom is -0.324 e. The molecule has 4 nitrogen and oxygen atoms in total. The average Bonchev–Trinajstić information content (AvgIpc) is 2.74. The van der Waals surface area contributed by atoms with Crippen LogP contribution in [0.5, 0.6) is 0 Å². The summed E-state index contributed by atoms with van der Waals surface area (Å²) in [5.41, 5.74) is 0.301. The summed E-state index contributed by atoms with van der Waals surface area (Å²) >= 11 is 2.37. The Morgan fingerprint density at radius 2 is 1.70 bits per heavy atom. The molecule has 156 valence electrons. The summed E-state index contributed by atoms with van der Waals surface area (Å²) in [6, 6.07) is 16.8. The van der Waals surface area contributed by atoms with Crippen LogP contribution in [0.1, 0.15) is 12.6 Å². The Hall–Kier alpha value is -2.52.